The van der Waals surface area contributed by atoms with Crippen LogP contribution < -0.4 is 0 Å². The van der Waals surface area contributed by atoms with Gasteiger partial charge in [0.25, 0.3) is 0 Å². The van der Waals surface area contributed by atoms with Crippen LogP contribution in [0.5, 0.6) is 0 Å². The van der Waals surface area contributed by atoms with E-state index in [4.69, 9.17) is 0 Å². The molecule has 0 aliphatic heterocycles. The molecule has 21 heavy (non-hydrogen) atoms. The first-order valence-corrected chi connectivity index (χ1v) is 7.50. The molecule has 0 heterocycles. The quantitative estimate of drug-likeness (QED) is 0.318. The van der Waals surface area contributed by atoms with Crippen LogP contribution in [-0.2, 0) is 11.3 Å². The van der Waals surface area contributed by atoms with Gasteiger partial charge in [0.05, 0.1) is 0 Å². The molecule has 0 spiro atoms. The van der Waals surface area contributed by atoms with Gasteiger partial charge < -0.3 is 4.90 Å². The Kier molecular flexibility index (Phi) is 7.79. The fourth-order valence-corrected chi connectivity index (χ4v) is 2.68. The first kappa shape index (κ1) is 17.5. The van der Waals surface area contributed by atoms with Crippen LogP contribution in [0.15, 0.2) is 47.5 Å². The van der Waals surface area contributed by atoms with Gasteiger partial charge in [0.15, 0.2) is 0 Å². The Morgan fingerprint density at radius 2 is 1.95 bits per heavy atom. The predicted octanol–water partition coefficient (Wildman–Crippen LogP) is 3.45. The smallest absolute Gasteiger partial charge is 0.142 e. The molecule has 0 unspecified atom stereocenters. The third-order valence-electron chi connectivity index (χ3n) is 2.58. The molecule has 0 amide bonds. The molecule has 1 aromatic carbocycles. The van der Waals surface area contributed by atoms with Gasteiger partial charge in [-0.1, -0.05) is 19.1 Å². The van der Waals surface area contributed by atoms with E-state index in [2.05, 4.69) is 11.2 Å². The van der Waals surface area contributed by atoms with Gasteiger partial charge in [0.2, 0.25) is 0 Å². The van der Waals surface area contributed by atoms with Crippen LogP contribution in [0.1, 0.15) is 12.5 Å². The summed E-state index contributed by atoms with van der Waals surface area (Å²) in [5, 5.41) is 0. The SMILES string of the molecule is CCN(Cc1ccc(F)cc1)SC(/C=C\C=O)=C/N(C)C. The first-order valence-electron chi connectivity index (χ1n) is 6.72. The summed E-state index contributed by atoms with van der Waals surface area (Å²) in [6.07, 6.45) is 5.98. The summed E-state index contributed by atoms with van der Waals surface area (Å²) >= 11 is 1.57. The van der Waals surface area contributed by atoms with Gasteiger partial charge in [-0.2, -0.15) is 0 Å². The molecule has 0 bridgehead atoms. The highest BCUT2D eigenvalue weighted by atomic mass is 32.2. The van der Waals surface area contributed by atoms with E-state index in [-0.39, 0.29) is 5.82 Å². The molecule has 0 saturated heterocycles. The first-order chi connectivity index (χ1) is 10.0. The molecule has 0 aliphatic rings. The normalized spacial score (nSPS) is 12.1. The second-order valence-corrected chi connectivity index (χ2v) is 5.83. The molecule has 0 aromatic heterocycles. The second-order valence-electron chi connectivity index (χ2n) is 4.66. The number of carbonyl (C=O) groups excluding carboxylic acids is 1. The van der Waals surface area contributed by atoms with Crippen LogP contribution in [0.4, 0.5) is 4.39 Å². The lowest BCUT2D eigenvalue weighted by atomic mass is 10.2. The number of carbonyl (C=O) groups is 1. The lowest BCUT2D eigenvalue weighted by molar-refractivity contribution is -0.104. The van der Waals surface area contributed by atoms with Gasteiger partial charge in [-0.25, -0.2) is 8.70 Å². The topological polar surface area (TPSA) is 23.6 Å². The van der Waals surface area contributed by atoms with Crippen molar-refractivity contribution in [3.05, 3.63) is 58.9 Å². The van der Waals surface area contributed by atoms with Gasteiger partial charge in [0.1, 0.15) is 12.1 Å². The van der Waals surface area contributed by atoms with Crippen molar-refractivity contribution < 1.29 is 9.18 Å². The molecule has 114 valence electrons. The van der Waals surface area contributed by atoms with E-state index >= 15 is 0 Å². The van der Waals surface area contributed by atoms with Crippen LogP contribution in [0.25, 0.3) is 0 Å². The van der Waals surface area contributed by atoms with Gasteiger partial charge >= 0.3 is 0 Å². The lowest BCUT2D eigenvalue weighted by Gasteiger charge is -2.20. The van der Waals surface area contributed by atoms with Gasteiger partial charge in [-0.3, -0.25) is 4.79 Å². The molecule has 1 rings (SSSR count). The van der Waals surface area contributed by atoms with Crippen LogP contribution in [0, 0.1) is 5.82 Å². The average molecular weight is 308 g/mol. The highest BCUT2D eigenvalue weighted by Crippen LogP contribution is 2.24. The van der Waals surface area contributed by atoms with E-state index in [1.165, 1.54) is 18.2 Å². The Morgan fingerprint density at radius 3 is 2.48 bits per heavy atom. The largest absolute Gasteiger partial charge is 0.383 e. The standard InChI is InChI=1S/C16H21FN2OS/c1-4-19(12-14-7-9-15(17)10-8-14)21-16(6-5-11-20)13-18(2)3/h5-11,13H,4,12H2,1-3H3/b6-5-,16-13+. The van der Waals surface area contributed by atoms with E-state index in [0.717, 1.165) is 23.3 Å². The molecule has 0 atom stereocenters. The maximum Gasteiger partial charge on any atom is 0.142 e. The van der Waals surface area contributed by atoms with Gasteiger partial charge in [-0.05, 0) is 41.8 Å². The Bertz CT molecular complexity index is 498. The highest BCUT2D eigenvalue weighted by Gasteiger charge is 2.07. The van der Waals surface area contributed by atoms with E-state index < -0.39 is 0 Å². The zero-order valence-electron chi connectivity index (χ0n) is 12.6. The Labute approximate surface area is 130 Å². The molecular formula is C16H21FN2OS. The highest BCUT2D eigenvalue weighted by molar-refractivity contribution is 8.01. The Hall–Kier alpha value is -1.59. The van der Waals surface area contributed by atoms with Crippen LogP contribution in [0.3, 0.4) is 0 Å². The van der Waals surface area contributed by atoms with Crippen LogP contribution in [0.2, 0.25) is 0 Å². The van der Waals surface area contributed by atoms with Crippen molar-refractivity contribution in [3.8, 4) is 0 Å². The summed E-state index contributed by atoms with van der Waals surface area (Å²) < 4.78 is 15.1. The summed E-state index contributed by atoms with van der Waals surface area (Å²) in [7, 11) is 3.87. The van der Waals surface area contributed by atoms with Gasteiger partial charge in [0, 0.05) is 38.3 Å². The van der Waals surface area contributed by atoms with E-state index in [0.29, 0.717) is 6.54 Å². The molecule has 0 saturated carbocycles. The van der Waals surface area contributed by atoms with Crippen LogP contribution >= 0.6 is 11.9 Å². The molecular weight excluding hydrogens is 287 g/mol. The fourth-order valence-electron chi connectivity index (χ4n) is 1.64. The van der Waals surface area contributed by atoms with E-state index in [9.17, 15) is 9.18 Å². The fraction of sp³-hybridized carbons (Fsp3) is 0.312. The number of aldehydes is 1. The zero-order valence-corrected chi connectivity index (χ0v) is 13.4. The molecule has 5 heteroatoms. The molecule has 0 fully saturated rings. The van der Waals surface area contributed by atoms with Crippen molar-refractivity contribution >= 4 is 18.2 Å². The van der Waals surface area contributed by atoms with E-state index in [1.807, 2.05) is 25.2 Å². The number of hydrogen-bond donors (Lipinski definition) is 0. The van der Waals surface area contributed by atoms with Crippen molar-refractivity contribution in [3.63, 3.8) is 0 Å². The molecule has 3 nitrogen and oxygen atoms in total. The third-order valence-corrected chi connectivity index (χ3v) is 3.68. The summed E-state index contributed by atoms with van der Waals surface area (Å²) in [6.45, 7) is 3.61. The van der Waals surface area contributed by atoms with Crippen molar-refractivity contribution in [1.29, 1.82) is 0 Å². The Morgan fingerprint density at radius 1 is 1.29 bits per heavy atom. The molecule has 0 aliphatic carbocycles. The third kappa shape index (κ3) is 7.11. The van der Waals surface area contributed by atoms with Crippen molar-refractivity contribution in [1.82, 2.24) is 9.21 Å². The predicted molar refractivity (Wildman–Crippen MR) is 87.0 cm³/mol. The second kappa shape index (κ2) is 9.37. The van der Waals surface area contributed by atoms with Crippen molar-refractivity contribution in [2.45, 2.75) is 13.5 Å². The minimum atomic E-state index is -0.225. The minimum absolute atomic E-state index is 0.225. The van der Waals surface area contributed by atoms with E-state index in [1.54, 1.807) is 30.2 Å². The summed E-state index contributed by atoms with van der Waals surface area (Å²) in [5.74, 6) is -0.225. The maximum absolute atomic E-state index is 12.9. The van der Waals surface area contributed by atoms with Crippen LogP contribution in [-0.4, -0.2) is 36.1 Å². The summed E-state index contributed by atoms with van der Waals surface area (Å²) in [5.41, 5.74) is 1.05. The summed E-state index contributed by atoms with van der Waals surface area (Å²) in [6, 6.07) is 6.51. The molecule has 1 aromatic rings. The zero-order chi connectivity index (χ0) is 15.7. The van der Waals surface area contributed by atoms with Gasteiger partial charge in [-0.15, -0.1) is 0 Å². The molecule has 0 radical (unpaired) electrons. The number of hydrogen-bond acceptors (Lipinski definition) is 4. The number of rotatable bonds is 8. The molecule has 0 N–H and O–H groups in total. The van der Waals surface area contributed by atoms with Crippen molar-refractivity contribution in [2.24, 2.45) is 0 Å². The number of benzene rings is 1. The maximum atomic E-state index is 12.9. The number of allylic oxidation sites excluding steroid dienone is 2. The van der Waals surface area contributed by atoms with Crippen molar-refractivity contribution in [2.75, 3.05) is 20.6 Å². The summed E-state index contributed by atoms with van der Waals surface area (Å²) in [4.78, 5) is 13.4. The minimum Gasteiger partial charge on any atom is -0.383 e. The number of nitrogens with zero attached hydrogens (tertiary/aromatic N) is 2. The Balaban J connectivity index is 2.76. The average Bonchev–Trinajstić information content (AvgIpc) is 2.45. The monoisotopic (exact) mass is 308 g/mol. The lowest BCUT2D eigenvalue weighted by Crippen LogP contribution is -2.15. The number of halogens is 1.